The second kappa shape index (κ2) is 6.29. The molecule has 2 nitrogen and oxygen atoms in total. The number of ether oxygens (including phenoxy) is 1. The van der Waals surface area contributed by atoms with Crippen LogP contribution in [-0.2, 0) is 12.8 Å². The van der Waals surface area contributed by atoms with E-state index in [4.69, 9.17) is 4.74 Å². The van der Waals surface area contributed by atoms with Crippen LogP contribution in [0.25, 0.3) is 0 Å². The van der Waals surface area contributed by atoms with Crippen molar-refractivity contribution >= 4 is 15.9 Å². The monoisotopic (exact) mass is 352 g/mol. The lowest BCUT2D eigenvalue weighted by Gasteiger charge is -2.35. The van der Waals surface area contributed by atoms with Crippen molar-refractivity contribution in [2.24, 2.45) is 17.8 Å². The van der Waals surface area contributed by atoms with E-state index < -0.39 is 0 Å². The van der Waals surface area contributed by atoms with Gasteiger partial charge >= 0.3 is 0 Å². The molecule has 0 bridgehead atoms. The maximum atomic E-state index is 10.4. The fraction of sp³-hybridized carbons (Fsp3) is 0.667. The summed E-state index contributed by atoms with van der Waals surface area (Å²) in [5.41, 5.74) is 2.58. The van der Waals surface area contributed by atoms with Crippen LogP contribution in [0.1, 0.15) is 44.2 Å². The van der Waals surface area contributed by atoms with E-state index in [0.717, 1.165) is 48.4 Å². The minimum absolute atomic E-state index is 0.156. The molecular formula is C18H25BrO2. The molecule has 1 heterocycles. The van der Waals surface area contributed by atoms with E-state index in [1.165, 1.54) is 17.5 Å². The Bertz CT molecular complexity index is 512. The molecule has 3 unspecified atom stereocenters. The van der Waals surface area contributed by atoms with Gasteiger partial charge < -0.3 is 9.84 Å². The molecule has 0 amide bonds. The highest BCUT2D eigenvalue weighted by molar-refractivity contribution is 9.10. The number of aliphatic hydroxyl groups is 1. The number of rotatable bonds is 3. The first-order valence-corrected chi connectivity index (χ1v) is 8.96. The van der Waals surface area contributed by atoms with Gasteiger partial charge in [0.15, 0.2) is 0 Å². The van der Waals surface area contributed by atoms with Crippen LogP contribution < -0.4 is 4.74 Å². The molecule has 3 atom stereocenters. The summed E-state index contributed by atoms with van der Waals surface area (Å²) in [6.07, 6.45) is 5.04. The van der Waals surface area contributed by atoms with Crippen molar-refractivity contribution < 1.29 is 9.84 Å². The first-order chi connectivity index (χ1) is 10.0. The first-order valence-electron chi connectivity index (χ1n) is 8.16. The molecule has 1 aliphatic heterocycles. The van der Waals surface area contributed by atoms with E-state index >= 15 is 0 Å². The Morgan fingerprint density at radius 2 is 2.14 bits per heavy atom. The molecule has 1 saturated carbocycles. The Hall–Kier alpha value is -0.540. The molecule has 1 fully saturated rings. The summed E-state index contributed by atoms with van der Waals surface area (Å²) in [6.45, 7) is 5.40. The molecule has 0 radical (unpaired) electrons. The number of fused-ring (bicyclic) bond motifs is 1. The number of halogens is 1. The third-order valence-corrected chi connectivity index (χ3v) is 5.69. The lowest BCUT2D eigenvalue weighted by molar-refractivity contribution is 0.0376. The molecule has 0 spiro atoms. The van der Waals surface area contributed by atoms with Gasteiger partial charge in [-0.25, -0.2) is 0 Å². The van der Waals surface area contributed by atoms with Gasteiger partial charge in [0.1, 0.15) is 5.75 Å². The van der Waals surface area contributed by atoms with Crippen molar-refractivity contribution in [2.45, 2.75) is 52.1 Å². The van der Waals surface area contributed by atoms with Gasteiger partial charge in [0.25, 0.3) is 0 Å². The quantitative estimate of drug-likeness (QED) is 0.875. The van der Waals surface area contributed by atoms with Crippen LogP contribution in [0.2, 0.25) is 0 Å². The van der Waals surface area contributed by atoms with Gasteiger partial charge in [0, 0.05) is 10.9 Å². The summed E-state index contributed by atoms with van der Waals surface area (Å²) in [5.74, 6) is 2.91. The highest BCUT2D eigenvalue weighted by atomic mass is 79.9. The normalized spacial score (nSPS) is 28.5. The van der Waals surface area contributed by atoms with Crippen molar-refractivity contribution in [3.8, 4) is 5.75 Å². The Labute approximate surface area is 136 Å². The minimum atomic E-state index is -0.156. The van der Waals surface area contributed by atoms with Gasteiger partial charge in [0.2, 0.25) is 0 Å². The lowest BCUT2D eigenvalue weighted by Crippen LogP contribution is -2.32. The predicted molar refractivity (Wildman–Crippen MR) is 88.7 cm³/mol. The van der Waals surface area contributed by atoms with Crippen molar-refractivity contribution in [2.75, 3.05) is 6.61 Å². The van der Waals surface area contributed by atoms with Crippen molar-refractivity contribution in [1.29, 1.82) is 0 Å². The van der Waals surface area contributed by atoms with Crippen LogP contribution in [0.4, 0.5) is 0 Å². The van der Waals surface area contributed by atoms with Crippen molar-refractivity contribution in [3.05, 3.63) is 27.7 Å². The smallest absolute Gasteiger partial charge is 0.125 e. The Morgan fingerprint density at radius 1 is 1.33 bits per heavy atom. The van der Waals surface area contributed by atoms with E-state index in [-0.39, 0.29) is 6.10 Å². The highest BCUT2D eigenvalue weighted by Gasteiger charge is 2.32. The van der Waals surface area contributed by atoms with E-state index in [0.29, 0.717) is 11.8 Å². The SMILES string of the molecule is CC(C)C1CCC(O)C(Cc2cc(Br)cc3c2OCC3)C1. The van der Waals surface area contributed by atoms with Gasteiger partial charge in [-0.3, -0.25) is 0 Å². The van der Waals surface area contributed by atoms with Gasteiger partial charge in [-0.1, -0.05) is 29.8 Å². The molecule has 1 aromatic rings. The second-order valence-electron chi connectivity index (χ2n) is 7.00. The zero-order valence-electron chi connectivity index (χ0n) is 12.9. The molecule has 3 heteroatoms. The maximum absolute atomic E-state index is 10.4. The van der Waals surface area contributed by atoms with E-state index in [9.17, 15) is 5.11 Å². The first kappa shape index (κ1) is 15.4. The van der Waals surface area contributed by atoms with Gasteiger partial charge in [-0.05, 0) is 66.7 Å². The Kier molecular flexibility index (Phi) is 4.60. The van der Waals surface area contributed by atoms with E-state index in [2.05, 4.69) is 41.9 Å². The number of hydrogen-bond acceptors (Lipinski definition) is 2. The predicted octanol–water partition coefficient (Wildman–Crippen LogP) is 4.36. The molecule has 2 aliphatic rings. The molecule has 21 heavy (non-hydrogen) atoms. The summed E-state index contributed by atoms with van der Waals surface area (Å²) in [5, 5.41) is 10.4. The van der Waals surface area contributed by atoms with Crippen LogP contribution in [0.5, 0.6) is 5.75 Å². The van der Waals surface area contributed by atoms with Gasteiger partial charge in [0.05, 0.1) is 12.7 Å². The minimum Gasteiger partial charge on any atom is -0.493 e. The highest BCUT2D eigenvalue weighted by Crippen LogP contribution is 2.39. The van der Waals surface area contributed by atoms with E-state index in [1.54, 1.807) is 0 Å². The van der Waals surface area contributed by atoms with Gasteiger partial charge in [-0.2, -0.15) is 0 Å². The lowest BCUT2D eigenvalue weighted by atomic mass is 9.73. The van der Waals surface area contributed by atoms with Crippen LogP contribution in [0.15, 0.2) is 16.6 Å². The molecule has 3 rings (SSSR count). The topological polar surface area (TPSA) is 29.5 Å². The third-order valence-electron chi connectivity index (χ3n) is 5.23. The Balaban J connectivity index is 1.79. The van der Waals surface area contributed by atoms with Crippen LogP contribution in [0.3, 0.4) is 0 Å². The average Bonchev–Trinajstić information content (AvgIpc) is 2.89. The van der Waals surface area contributed by atoms with Crippen LogP contribution >= 0.6 is 15.9 Å². The molecule has 0 saturated heterocycles. The van der Waals surface area contributed by atoms with E-state index in [1.807, 2.05) is 0 Å². The average molecular weight is 353 g/mol. The summed E-state index contributed by atoms with van der Waals surface area (Å²) in [4.78, 5) is 0. The second-order valence-corrected chi connectivity index (χ2v) is 7.92. The zero-order chi connectivity index (χ0) is 15.0. The summed E-state index contributed by atoms with van der Waals surface area (Å²) in [6, 6.07) is 4.34. The summed E-state index contributed by atoms with van der Waals surface area (Å²) >= 11 is 3.61. The zero-order valence-corrected chi connectivity index (χ0v) is 14.5. The van der Waals surface area contributed by atoms with Gasteiger partial charge in [-0.15, -0.1) is 0 Å². The third kappa shape index (κ3) is 3.29. The molecule has 1 aromatic carbocycles. The fourth-order valence-corrected chi connectivity index (χ4v) is 4.44. The molecule has 1 N–H and O–H groups in total. The van der Waals surface area contributed by atoms with Crippen molar-refractivity contribution in [3.63, 3.8) is 0 Å². The largest absolute Gasteiger partial charge is 0.493 e. The maximum Gasteiger partial charge on any atom is 0.125 e. The van der Waals surface area contributed by atoms with Crippen molar-refractivity contribution in [1.82, 2.24) is 0 Å². The molecule has 0 aromatic heterocycles. The fourth-order valence-electron chi connectivity index (χ4n) is 3.89. The number of hydrogen-bond donors (Lipinski definition) is 1. The molecule has 1 aliphatic carbocycles. The summed E-state index contributed by atoms with van der Waals surface area (Å²) in [7, 11) is 0. The number of aliphatic hydroxyl groups excluding tert-OH is 1. The van der Waals surface area contributed by atoms with Crippen LogP contribution in [-0.4, -0.2) is 17.8 Å². The summed E-state index contributed by atoms with van der Waals surface area (Å²) < 4.78 is 6.97. The molecular weight excluding hydrogens is 328 g/mol. The number of benzene rings is 1. The molecule has 116 valence electrons. The standard InChI is InChI=1S/C18H25BrO2/c1-11(2)12-3-4-17(20)14(7-12)8-15-10-16(19)9-13-5-6-21-18(13)15/h9-12,14,17,20H,3-8H2,1-2H3. The Morgan fingerprint density at radius 3 is 2.90 bits per heavy atom. The van der Waals surface area contributed by atoms with Crippen LogP contribution in [0, 0.1) is 17.8 Å².